The molecule has 2 aromatic carbocycles. The van der Waals surface area contributed by atoms with E-state index >= 15 is 0 Å². The van der Waals surface area contributed by atoms with Crippen LogP contribution in [-0.2, 0) is 0 Å². The van der Waals surface area contributed by atoms with Crippen LogP contribution >= 0.6 is 12.2 Å². The first kappa shape index (κ1) is 15.5. The molecule has 112 valence electrons. The fourth-order valence-electron chi connectivity index (χ4n) is 1.64. The van der Waals surface area contributed by atoms with Gasteiger partial charge in [-0.25, -0.2) is 4.39 Å². The summed E-state index contributed by atoms with van der Waals surface area (Å²) in [5.74, 6) is -1.34. The van der Waals surface area contributed by atoms with E-state index in [0.29, 0.717) is 5.69 Å². The van der Waals surface area contributed by atoms with Crippen LogP contribution in [0, 0.1) is 15.9 Å². The lowest BCUT2D eigenvalue weighted by Gasteiger charge is -2.09. The molecule has 0 bridgehead atoms. The molecule has 0 aromatic heterocycles. The highest BCUT2D eigenvalue weighted by Gasteiger charge is 2.12. The van der Waals surface area contributed by atoms with Crippen molar-refractivity contribution in [1.29, 1.82) is 0 Å². The molecule has 2 aromatic rings. The molecule has 0 spiro atoms. The van der Waals surface area contributed by atoms with Crippen LogP contribution in [-0.4, -0.2) is 15.9 Å². The summed E-state index contributed by atoms with van der Waals surface area (Å²) in [6.07, 6.45) is 0. The molecule has 0 fully saturated rings. The maximum atomic E-state index is 13.4. The summed E-state index contributed by atoms with van der Waals surface area (Å²) >= 11 is 4.94. The Kier molecular flexibility index (Phi) is 4.74. The maximum absolute atomic E-state index is 13.4. The number of nitrogens with zero attached hydrogens (tertiary/aromatic N) is 1. The van der Waals surface area contributed by atoms with Gasteiger partial charge in [0.15, 0.2) is 5.11 Å². The molecule has 0 unspecified atom stereocenters. The fourth-order valence-corrected chi connectivity index (χ4v) is 1.86. The molecule has 22 heavy (non-hydrogen) atoms. The standard InChI is InChI=1S/C14H10FN3O3S/c15-12-4-2-1-3-11(12)13(19)17-14(22)16-9-5-7-10(8-6-9)18(20)21/h1-8H,(H2,16,17,19,22). The van der Waals surface area contributed by atoms with Crippen molar-refractivity contribution in [2.45, 2.75) is 0 Å². The summed E-state index contributed by atoms with van der Waals surface area (Å²) in [4.78, 5) is 21.9. The van der Waals surface area contributed by atoms with E-state index in [-0.39, 0.29) is 16.4 Å². The Morgan fingerprint density at radius 2 is 1.77 bits per heavy atom. The zero-order valence-electron chi connectivity index (χ0n) is 11.1. The summed E-state index contributed by atoms with van der Waals surface area (Å²) in [6.45, 7) is 0. The van der Waals surface area contributed by atoms with Gasteiger partial charge in [0.05, 0.1) is 10.5 Å². The number of rotatable bonds is 3. The van der Waals surface area contributed by atoms with E-state index < -0.39 is 16.6 Å². The van der Waals surface area contributed by atoms with Crippen molar-refractivity contribution < 1.29 is 14.1 Å². The van der Waals surface area contributed by atoms with Crippen molar-refractivity contribution in [3.63, 3.8) is 0 Å². The minimum atomic E-state index is -0.683. The largest absolute Gasteiger partial charge is 0.332 e. The van der Waals surface area contributed by atoms with Gasteiger partial charge in [0.1, 0.15) is 5.82 Å². The van der Waals surface area contributed by atoms with E-state index in [2.05, 4.69) is 10.6 Å². The van der Waals surface area contributed by atoms with Crippen LogP contribution in [0.5, 0.6) is 0 Å². The molecule has 1 amide bonds. The average molecular weight is 319 g/mol. The third-order valence-electron chi connectivity index (χ3n) is 2.68. The molecule has 0 aliphatic heterocycles. The molecule has 2 N–H and O–H groups in total. The Morgan fingerprint density at radius 1 is 1.14 bits per heavy atom. The molecule has 8 heteroatoms. The first-order valence-corrected chi connectivity index (χ1v) is 6.49. The van der Waals surface area contributed by atoms with Crippen molar-refractivity contribution >= 4 is 34.6 Å². The molecule has 6 nitrogen and oxygen atoms in total. The summed E-state index contributed by atoms with van der Waals surface area (Å²) in [5, 5.41) is 15.5. The highest BCUT2D eigenvalue weighted by atomic mass is 32.1. The van der Waals surface area contributed by atoms with Crippen molar-refractivity contribution in [1.82, 2.24) is 5.32 Å². The molecule has 2 rings (SSSR count). The number of carbonyl (C=O) groups is 1. The van der Waals surface area contributed by atoms with Gasteiger partial charge in [-0.3, -0.25) is 20.2 Å². The van der Waals surface area contributed by atoms with Gasteiger partial charge in [-0.1, -0.05) is 12.1 Å². The molecule has 0 saturated carbocycles. The van der Waals surface area contributed by atoms with Crippen LogP contribution in [0.1, 0.15) is 10.4 Å². The van der Waals surface area contributed by atoms with E-state index in [9.17, 15) is 19.3 Å². The Hall–Kier alpha value is -2.87. The number of anilines is 1. The lowest BCUT2D eigenvalue weighted by Crippen LogP contribution is -2.34. The number of non-ortho nitro benzene ring substituents is 1. The number of hydrogen-bond donors (Lipinski definition) is 2. The number of halogens is 1. The van der Waals surface area contributed by atoms with Gasteiger partial charge in [-0.05, 0) is 36.5 Å². The van der Waals surface area contributed by atoms with E-state index in [0.717, 1.165) is 0 Å². The van der Waals surface area contributed by atoms with E-state index in [4.69, 9.17) is 12.2 Å². The molecular weight excluding hydrogens is 309 g/mol. The van der Waals surface area contributed by atoms with Gasteiger partial charge in [0.2, 0.25) is 0 Å². The molecular formula is C14H10FN3O3S. The topological polar surface area (TPSA) is 84.3 Å². The number of hydrogen-bond acceptors (Lipinski definition) is 4. The quantitative estimate of drug-likeness (QED) is 0.516. The van der Waals surface area contributed by atoms with Crippen molar-refractivity contribution in [2.75, 3.05) is 5.32 Å². The number of nitro groups is 1. The Bertz CT molecular complexity index is 734. The van der Waals surface area contributed by atoms with Crippen LogP contribution in [0.15, 0.2) is 48.5 Å². The number of thiocarbonyl (C=S) groups is 1. The number of nitrogens with one attached hydrogen (secondary N) is 2. The minimum absolute atomic E-state index is 0.0397. The lowest BCUT2D eigenvalue weighted by atomic mass is 10.2. The number of carbonyl (C=O) groups excluding carboxylic acids is 1. The second-order valence-electron chi connectivity index (χ2n) is 4.19. The van der Waals surface area contributed by atoms with Gasteiger partial charge < -0.3 is 5.32 Å². The minimum Gasteiger partial charge on any atom is -0.332 e. The first-order valence-electron chi connectivity index (χ1n) is 6.08. The van der Waals surface area contributed by atoms with Crippen LogP contribution < -0.4 is 10.6 Å². The van der Waals surface area contributed by atoms with Crippen molar-refractivity contribution in [2.24, 2.45) is 0 Å². The highest BCUT2D eigenvalue weighted by molar-refractivity contribution is 7.80. The van der Waals surface area contributed by atoms with Crippen LogP contribution in [0.25, 0.3) is 0 Å². The van der Waals surface area contributed by atoms with Gasteiger partial charge in [-0.15, -0.1) is 0 Å². The van der Waals surface area contributed by atoms with Gasteiger partial charge >= 0.3 is 0 Å². The molecule has 0 saturated heterocycles. The Labute approximate surface area is 130 Å². The van der Waals surface area contributed by atoms with Crippen LogP contribution in [0.4, 0.5) is 15.8 Å². The summed E-state index contributed by atoms with van der Waals surface area (Å²) < 4.78 is 13.4. The van der Waals surface area contributed by atoms with Crippen LogP contribution in [0.2, 0.25) is 0 Å². The van der Waals surface area contributed by atoms with E-state index in [1.807, 2.05) is 0 Å². The van der Waals surface area contributed by atoms with Crippen molar-refractivity contribution in [3.8, 4) is 0 Å². The number of benzene rings is 2. The number of amides is 1. The van der Waals surface area contributed by atoms with E-state index in [1.54, 1.807) is 0 Å². The highest BCUT2D eigenvalue weighted by Crippen LogP contribution is 2.15. The summed E-state index contributed by atoms with van der Waals surface area (Å²) in [6, 6.07) is 11.0. The molecule has 0 aliphatic carbocycles. The fraction of sp³-hybridized carbons (Fsp3) is 0. The molecule has 0 heterocycles. The average Bonchev–Trinajstić information content (AvgIpc) is 2.48. The van der Waals surface area contributed by atoms with Crippen molar-refractivity contribution in [3.05, 3.63) is 70.0 Å². The normalized spacial score (nSPS) is 9.86. The summed E-state index contributed by atoms with van der Waals surface area (Å²) in [5.41, 5.74) is 0.270. The van der Waals surface area contributed by atoms with Gasteiger partial charge in [0, 0.05) is 17.8 Å². The Morgan fingerprint density at radius 3 is 2.36 bits per heavy atom. The second kappa shape index (κ2) is 6.72. The Balaban J connectivity index is 1.99. The second-order valence-corrected chi connectivity index (χ2v) is 4.60. The lowest BCUT2D eigenvalue weighted by molar-refractivity contribution is -0.384. The maximum Gasteiger partial charge on any atom is 0.269 e. The van der Waals surface area contributed by atoms with Gasteiger partial charge in [0.25, 0.3) is 11.6 Å². The zero-order valence-corrected chi connectivity index (χ0v) is 11.9. The smallest absolute Gasteiger partial charge is 0.269 e. The predicted octanol–water partition coefficient (Wildman–Crippen LogP) is 2.86. The first-order chi connectivity index (χ1) is 10.5. The molecule has 0 radical (unpaired) electrons. The molecule has 0 aliphatic rings. The van der Waals surface area contributed by atoms with Gasteiger partial charge in [-0.2, -0.15) is 0 Å². The third-order valence-corrected chi connectivity index (χ3v) is 2.89. The number of nitro benzene ring substituents is 1. The summed E-state index contributed by atoms with van der Waals surface area (Å²) in [7, 11) is 0. The third kappa shape index (κ3) is 3.83. The zero-order chi connectivity index (χ0) is 16.1. The monoisotopic (exact) mass is 319 g/mol. The van der Waals surface area contributed by atoms with E-state index in [1.165, 1.54) is 48.5 Å². The molecule has 0 atom stereocenters. The SMILES string of the molecule is O=C(NC(=S)Nc1ccc([N+](=O)[O-])cc1)c1ccccc1F. The van der Waals surface area contributed by atoms with Crippen LogP contribution in [0.3, 0.4) is 0 Å². The predicted molar refractivity (Wildman–Crippen MR) is 83.2 cm³/mol.